The molecule has 1 atom stereocenters. The number of nitrogens with one attached hydrogen (secondary N) is 3. The van der Waals surface area contributed by atoms with Crippen molar-refractivity contribution in [3.05, 3.63) is 83.4 Å². The number of hydrogen-bond acceptors (Lipinski definition) is 3. The maximum atomic E-state index is 14.1. The Morgan fingerprint density at radius 3 is 1.97 bits per heavy atom. The number of thioether (sulfide) groups is 1. The first-order chi connectivity index (χ1) is 16.9. The summed E-state index contributed by atoms with van der Waals surface area (Å²) in [5.74, 6) is -11.1. The second-order valence-corrected chi connectivity index (χ2v) is 9.05. The first-order valence-electron chi connectivity index (χ1n) is 10.0. The van der Waals surface area contributed by atoms with Crippen molar-refractivity contribution in [3.8, 4) is 0 Å². The van der Waals surface area contributed by atoms with Crippen molar-refractivity contribution < 1.29 is 35.5 Å². The molecule has 3 aromatic rings. The zero-order chi connectivity index (χ0) is 26.6. The molecule has 0 aliphatic rings. The van der Waals surface area contributed by atoms with E-state index in [1.807, 2.05) is 18.2 Å². The molecule has 0 bridgehead atoms. The van der Waals surface area contributed by atoms with Gasteiger partial charge < -0.3 is 16.0 Å². The van der Waals surface area contributed by atoms with Gasteiger partial charge in [0.1, 0.15) is 11.3 Å². The predicted molar refractivity (Wildman–Crippen MR) is 128 cm³/mol. The van der Waals surface area contributed by atoms with Crippen LogP contribution in [0.3, 0.4) is 0 Å². The Balaban J connectivity index is 1.70. The van der Waals surface area contributed by atoms with Gasteiger partial charge in [-0.15, -0.1) is 11.8 Å². The molecule has 3 aromatic carbocycles. The van der Waals surface area contributed by atoms with E-state index in [4.69, 9.17) is 12.2 Å². The topological polar surface area (TPSA) is 53.2 Å². The average Bonchev–Trinajstić information content (AvgIpc) is 2.80. The zero-order valence-electron chi connectivity index (χ0n) is 18.1. The van der Waals surface area contributed by atoms with Gasteiger partial charge in [0.2, 0.25) is 5.91 Å². The molecule has 0 aromatic heterocycles. The fourth-order valence-electron chi connectivity index (χ4n) is 2.93. The van der Waals surface area contributed by atoms with Crippen LogP contribution < -0.4 is 16.0 Å². The number of halogens is 7. The first-order valence-corrected chi connectivity index (χ1v) is 11.3. The number of hydrogen-bond donors (Lipinski definition) is 3. The molecule has 0 heterocycles. The molecule has 0 radical (unpaired) electrons. The third-order valence-electron chi connectivity index (χ3n) is 4.60. The number of rotatable bonds is 6. The van der Waals surface area contributed by atoms with Gasteiger partial charge in [-0.25, -0.2) is 17.6 Å². The van der Waals surface area contributed by atoms with Gasteiger partial charge in [-0.3, -0.25) is 4.79 Å². The number of carbonyl (C=O) groups excluding carboxylic acids is 1. The van der Waals surface area contributed by atoms with Crippen LogP contribution in [0, 0.1) is 23.3 Å². The SMILES string of the molecule is CC(Sc1cccc(NC(=S)Nc2ccccc2)c1)C(=O)Nc1c(F)c(F)c(C(F)(F)F)c(F)c1F. The molecule has 0 aliphatic heterocycles. The quantitative estimate of drug-likeness (QED) is 0.132. The molecule has 13 heteroatoms. The van der Waals surface area contributed by atoms with E-state index in [0.29, 0.717) is 10.6 Å². The Hall–Kier alpha value is -3.32. The van der Waals surface area contributed by atoms with Crippen LogP contribution in [0.4, 0.5) is 47.8 Å². The molecule has 0 aliphatic carbocycles. The fraction of sp³-hybridized carbons (Fsp3) is 0.130. The molecule has 0 spiro atoms. The van der Waals surface area contributed by atoms with Crippen LogP contribution >= 0.6 is 24.0 Å². The maximum Gasteiger partial charge on any atom is 0.422 e. The highest BCUT2D eigenvalue weighted by molar-refractivity contribution is 8.00. The summed E-state index contributed by atoms with van der Waals surface area (Å²) < 4.78 is 94.0. The average molecular weight is 548 g/mol. The molecular formula is C23H16F7N3OS2. The summed E-state index contributed by atoms with van der Waals surface area (Å²) in [7, 11) is 0. The third kappa shape index (κ3) is 6.46. The monoisotopic (exact) mass is 547 g/mol. The van der Waals surface area contributed by atoms with Gasteiger partial charge in [0.05, 0.1) is 5.25 Å². The molecule has 1 amide bonds. The van der Waals surface area contributed by atoms with Crippen molar-refractivity contribution in [2.24, 2.45) is 0 Å². The van der Waals surface area contributed by atoms with Crippen molar-refractivity contribution in [2.75, 3.05) is 16.0 Å². The second kappa shape index (κ2) is 11.2. The maximum absolute atomic E-state index is 14.1. The molecule has 4 nitrogen and oxygen atoms in total. The number of alkyl halides is 3. The number of benzene rings is 3. The van der Waals surface area contributed by atoms with E-state index in [2.05, 4.69) is 10.6 Å². The second-order valence-electron chi connectivity index (χ2n) is 7.23. The summed E-state index contributed by atoms with van der Waals surface area (Å²) in [4.78, 5) is 12.9. The van der Waals surface area contributed by atoms with E-state index in [1.165, 1.54) is 6.92 Å². The molecular weight excluding hydrogens is 531 g/mol. The number of para-hydroxylation sites is 1. The number of amides is 1. The van der Waals surface area contributed by atoms with Crippen LogP contribution in [0.1, 0.15) is 12.5 Å². The summed E-state index contributed by atoms with van der Waals surface area (Å²) in [6.07, 6.45) is -5.68. The molecule has 3 N–H and O–H groups in total. The van der Waals surface area contributed by atoms with Crippen LogP contribution in [0.2, 0.25) is 0 Å². The predicted octanol–water partition coefficient (Wildman–Crippen LogP) is 7.19. The summed E-state index contributed by atoms with van der Waals surface area (Å²) in [5, 5.41) is 6.77. The summed E-state index contributed by atoms with van der Waals surface area (Å²) in [6, 6.07) is 15.7. The van der Waals surface area contributed by atoms with E-state index in [9.17, 15) is 35.5 Å². The van der Waals surface area contributed by atoms with Gasteiger partial charge in [-0.2, -0.15) is 13.2 Å². The zero-order valence-corrected chi connectivity index (χ0v) is 19.8. The Morgan fingerprint density at radius 1 is 0.833 bits per heavy atom. The standard InChI is InChI=1S/C23H16F7N3OS2/c1-11(21(34)33-20-18(26)16(24)15(23(28,29)30)17(25)19(20)27)36-14-9-5-8-13(10-14)32-22(35)31-12-6-3-2-4-7-12/h2-11H,1H3,(H,33,34)(H2,31,32,35). The Labute approximate surface area is 210 Å². The van der Waals surface area contributed by atoms with Crippen molar-refractivity contribution in [2.45, 2.75) is 23.2 Å². The number of anilines is 3. The van der Waals surface area contributed by atoms with Crippen molar-refractivity contribution >= 4 is 52.1 Å². The highest BCUT2D eigenvalue weighted by Gasteiger charge is 2.42. The van der Waals surface area contributed by atoms with Gasteiger partial charge in [-0.05, 0) is 49.5 Å². The number of thiocarbonyl (C=S) groups is 1. The minimum Gasteiger partial charge on any atom is -0.332 e. The highest BCUT2D eigenvalue weighted by atomic mass is 32.2. The smallest absolute Gasteiger partial charge is 0.332 e. The van der Waals surface area contributed by atoms with E-state index in [0.717, 1.165) is 17.4 Å². The van der Waals surface area contributed by atoms with Gasteiger partial charge in [0, 0.05) is 16.3 Å². The van der Waals surface area contributed by atoms with E-state index in [1.54, 1.807) is 41.7 Å². The van der Waals surface area contributed by atoms with Gasteiger partial charge in [-0.1, -0.05) is 24.3 Å². The molecule has 3 rings (SSSR count). The minimum absolute atomic E-state index is 0.284. The summed E-state index contributed by atoms with van der Waals surface area (Å²) in [6.45, 7) is 1.33. The third-order valence-corrected chi connectivity index (χ3v) is 5.90. The highest BCUT2D eigenvalue weighted by Crippen LogP contribution is 2.38. The molecule has 1 unspecified atom stereocenters. The van der Waals surface area contributed by atoms with Crippen molar-refractivity contribution in [1.29, 1.82) is 0 Å². The Bertz CT molecular complexity index is 1260. The lowest BCUT2D eigenvalue weighted by Gasteiger charge is -2.17. The van der Waals surface area contributed by atoms with Crippen LogP contribution in [-0.2, 0) is 11.0 Å². The molecule has 0 saturated carbocycles. The lowest BCUT2D eigenvalue weighted by Crippen LogP contribution is -2.25. The van der Waals surface area contributed by atoms with Gasteiger partial charge in [0.25, 0.3) is 0 Å². The van der Waals surface area contributed by atoms with Crippen molar-refractivity contribution in [3.63, 3.8) is 0 Å². The largest absolute Gasteiger partial charge is 0.422 e. The molecule has 0 saturated heterocycles. The first kappa shape index (κ1) is 27.3. The van der Waals surface area contributed by atoms with Crippen LogP contribution in [0.15, 0.2) is 59.5 Å². The summed E-state index contributed by atoms with van der Waals surface area (Å²) >= 11 is 6.16. The summed E-state index contributed by atoms with van der Waals surface area (Å²) in [5.41, 5.74) is -3.07. The fourth-order valence-corrected chi connectivity index (χ4v) is 4.10. The minimum atomic E-state index is -5.68. The Morgan fingerprint density at radius 2 is 1.39 bits per heavy atom. The van der Waals surface area contributed by atoms with Crippen LogP contribution in [0.5, 0.6) is 0 Å². The van der Waals surface area contributed by atoms with Gasteiger partial charge in [0.15, 0.2) is 28.4 Å². The molecule has 36 heavy (non-hydrogen) atoms. The normalized spacial score (nSPS) is 12.1. The molecule has 190 valence electrons. The Kier molecular flexibility index (Phi) is 8.46. The van der Waals surface area contributed by atoms with Crippen LogP contribution in [-0.4, -0.2) is 16.3 Å². The van der Waals surface area contributed by atoms with E-state index in [-0.39, 0.29) is 5.11 Å². The molecule has 0 fully saturated rings. The van der Waals surface area contributed by atoms with E-state index < -0.39 is 51.9 Å². The van der Waals surface area contributed by atoms with Gasteiger partial charge >= 0.3 is 6.18 Å². The van der Waals surface area contributed by atoms with Crippen LogP contribution in [0.25, 0.3) is 0 Å². The lowest BCUT2D eigenvalue weighted by molar-refractivity contribution is -0.143. The van der Waals surface area contributed by atoms with E-state index >= 15 is 0 Å². The number of carbonyl (C=O) groups is 1. The lowest BCUT2D eigenvalue weighted by atomic mass is 10.1. The van der Waals surface area contributed by atoms with Crippen molar-refractivity contribution in [1.82, 2.24) is 0 Å².